The third-order valence-electron chi connectivity index (χ3n) is 2.62. The normalized spacial score (nSPS) is 11.9. The number of sulfonamides is 1. The van der Waals surface area contributed by atoms with E-state index in [1.54, 1.807) is 10.9 Å². The third-order valence-corrected chi connectivity index (χ3v) is 4.89. The average molecular weight is 315 g/mol. The summed E-state index contributed by atoms with van der Waals surface area (Å²) in [6.07, 6.45) is 5.29. The molecule has 2 aromatic rings. The van der Waals surface area contributed by atoms with Crippen molar-refractivity contribution in [3.63, 3.8) is 0 Å². The van der Waals surface area contributed by atoms with Gasteiger partial charge in [-0.05, 0) is 19.9 Å². The lowest BCUT2D eigenvalue weighted by atomic mass is 10.4. The molecule has 0 aliphatic heterocycles. The number of hydrogen-bond acceptors (Lipinski definition) is 6. The van der Waals surface area contributed by atoms with Crippen LogP contribution in [-0.4, -0.2) is 29.7 Å². The Balaban J connectivity index is 2.00. The number of aromatic nitrogens is 3. The van der Waals surface area contributed by atoms with Crippen LogP contribution in [0, 0.1) is 6.92 Å². The van der Waals surface area contributed by atoms with Gasteiger partial charge >= 0.3 is 0 Å². The molecular formula is C11H17N5O2S2. The van der Waals surface area contributed by atoms with Crippen molar-refractivity contribution < 1.29 is 8.42 Å². The first-order chi connectivity index (χ1) is 9.51. The summed E-state index contributed by atoms with van der Waals surface area (Å²) in [7, 11) is -3.54. The van der Waals surface area contributed by atoms with Gasteiger partial charge in [-0.15, -0.1) is 11.3 Å². The molecule has 0 fully saturated rings. The van der Waals surface area contributed by atoms with Crippen LogP contribution < -0.4 is 10.5 Å². The highest BCUT2D eigenvalue weighted by molar-refractivity contribution is 7.89. The van der Waals surface area contributed by atoms with Crippen molar-refractivity contribution in [1.82, 2.24) is 19.5 Å². The molecule has 0 unspecified atom stereocenters. The maximum Gasteiger partial charge on any atom is 0.244 e. The molecule has 0 aromatic carbocycles. The number of hydrogen-bond donors (Lipinski definition) is 2. The molecule has 110 valence electrons. The fraction of sp³-hybridized carbons (Fsp3) is 0.455. The Labute approximate surface area is 121 Å². The molecule has 0 saturated heterocycles. The van der Waals surface area contributed by atoms with Crippen molar-refractivity contribution in [2.24, 2.45) is 5.73 Å². The summed E-state index contributed by atoms with van der Waals surface area (Å²) in [5, 5.41) is 4.92. The molecule has 0 aliphatic carbocycles. The molecule has 20 heavy (non-hydrogen) atoms. The minimum Gasteiger partial charge on any atom is -0.330 e. The van der Waals surface area contributed by atoms with E-state index in [0.29, 0.717) is 13.1 Å². The SMILES string of the molecule is Cc1ncc(CNS(=O)(=O)c2cnn(CCCN)c2)s1. The predicted octanol–water partition coefficient (Wildman–Crippen LogP) is 0.475. The Hall–Kier alpha value is -1.29. The van der Waals surface area contributed by atoms with Crippen LogP contribution in [0.25, 0.3) is 0 Å². The van der Waals surface area contributed by atoms with Crippen LogP contribution in [0.15, 0.2) is 23.5 Å². The smallest absolute Gasteiger partial charge is 0.244 e. The number of aryl methyl sites for hydroxylation is 2. The first-order valence-electron chi connectivity index (χ1n) is 6.15. The van der Waals surface area contributed by atoms with Gasteiger partial charge in [-0.3, -0.25) is 4.68 Å². The van der Waals surface area contributed by atoms with Crippen molar-refractivity contribution in [2.45, 2.75) is 31.3 Å². The van der Waals surface area contributed by atoms with E-state index in [0.717, 1.165) is 16.3 Å². The standard InChI is InChI=1S/C11H17N5O2S2/c1-9-13-5-10(19-9)6-15-20(17,18)11-7-14-16(8-11)4-2-3-12/h5,7-8,15H,2-4,6,12H2,1H3. The summed E-state index contributed by atoms with van der Waals surface area (Å²) in [5.41, 5.74) is 5.41. The second-order valence-corrected chi connectivity index (χ2v) is 7.34. The van der Waals surface area contributed by atoms with Crippen molar-refractivity contribution in [1.29, 1.82) is 0 Å². The fourth-order valence-corrected chi connectivity index (χ4v) is 3.38. The van der Waals surface area contributed by atoms with Crippen LogP contribution in [0.2, 0.25) is 0 Å². The zero-order chi connectivity index (χ0) is 14.6. The molecule has 0 aliphatic rings. The quantitative estimate of drug-likeness (QED) is 0.773. The Kier molecular flexibility index (Phi) is 4.86. The van der Waals surface area contributed by atoms with Crippen LogP contribution in [0.4, 0.5) is 0 Å². The Bertz CT molecular complexity index is 662. The summed E-state index contributed by atoms with van der Waals surface area (Å²) in [6.45, 7) is 3.27. The van der Waals surface area contributed by atoms with E-state index >= 15 is 0 Å². The van der Waals surface area contributed by atoms with Crippen LogP contribution in [0.3, 0.4) is 0 Å². The molecule has 2 rings (SSSR count). The lowest BCUT2D eigenvalue weighted by Gasteiger charge is -2.02. The van der Waals surface area contributed by atoms with Crippen LogP contribution >= 0.6 is 11.3 Å². The average Bonchev–Trinajstić information content (AvgIpc) is 3.03. The molecule has 0 bridgehead atoms. The molecule has 0 amide bonds. The topological polar surface area (TPSA) is 103 Å². The van der Waals surface area contributed by atoms with Gasteiger partial charge < -0.3 is 5.73 Å². The largest absolute Gasteiger partial charge is 0.330 e. The summed E-state index contributed by atoms with van der Waals surface area (Å²) < 4.78 is 28.3. The first-order valence-corrected chi connectivity index (χ1v) is 8.45. The molecule has 3 N–H and O–H groups in total. The Morgan fingerprint density at radius 2 is 2.25 bits per heavy atom. The second-order valence-electron chi connectivity index (χ2n) is 4.25. The molecule has 0 spiro atoms. The maximum absolute atomic E-state index is 12.1. The van der Waals surface area contributed by atoms with E-state index in [9.17, 15) is 8.42 Å². The van der Waals surface area contributed by atoms with E-state index in [4.69, 9.17) is 5.73 Å². The maximum atomic E-state index is 12.1. The van der Waals surface area contributed by atoms with E-state index in [1.165, 1.54) is 23.7 Å². The summed E-state index contributed by atoms with van der Waals surface area (Å²) in [6, 6.07) is 0. The fourth-order valence-electron chi connectivity index (χ4n) is 1.60. The Morgan fingerprint density at radius 3 is 2.90 bits per heavy atom. The van der Waals surface area contributed by atoms with Gasteiger partial charge in [0.25, 0.3) is 0 Å². The van der Waals surface area contributed by atoms with Gasteiger partial charge in [0.05, 0.1) is 11.2 Å². The van der Waals surface area contributed by atoms with Crippen molar-refractivity contribution in [3.8, 4) is 0 Å². The van der Waals surface area contributed by atoms with E-state index < -0.39 is 10.0 Å². The lowest BCUT2D eigenvalue weighted by Crippen LogP contribution is -2.22. The van der Waals surface area contributed by atoms with E-state index in [1.807, 2.05) is 6.92 Å². The zero-order valence-electron chi connectivity index (χ0n) is 11.1. The van der Waals surface area contributed by atoms with Gasteiger partial charge in [0.2, 0.25) is 10.0 Å². The summed E-state index contributed by atoms with van der Waals surface area (Å²) in [4.78, 5) is 5.12. The van der Waals surface area contributed by atoms with Gasteiger partial charge in [-0.2, -0.15) is 5.10 Å². The van der Waals surface area contributed by atoms with Crippen molar-refractivity contribution >= 4 is 21.4 Å². The molecule has 9 heteroatoms. The summed E-state index contributed by atoms with van der Waals surface area (Å²) in [5.74, 6) is 0. The molecule has 2 heterocycles. The first kappa shape index (κ1) is 15.1. The highest BCUT2D eigenvalue weighted by atomic mass is 32.2. The number of nitrogens with one attached hydrogen (secondary N) is 1. The molecule has 2 aromatic heterocycles. The minimum absolute atomic E-state index is 0.163. The van der Waals surface area contributed by atoms with Crippen LogP contribution in [0.1, 0.15) is 16.3 Å². The van der Waals surface area contributed by atoms with Crippen molar-refractivity contribution in [3.05, 3.63) is 28.5 Å². The predicted molar refractivity (Wildman–Crippen MR) is 76.8 cm³/mol. The number of thiazole rings is 1. The number of nitrogens with two attached hydrogens (primary N) is 1. The highest BCUT2D eigenvalue weighted by Gasteiger charge is 2.16. The van der Waals surface area contributed by atoms with Gasteiger partial charge in [-0.25, -0.2) is 18.1 Å². The third kappa shape index (κ3) is 3.85. The second kappa shape index (κ2) is 6.44. The lowest BCUT2D eigenvalue weighted by molar-refractivity contribution is 0.576. The molecule has 0 saturated carbocycles. The zero-order valence-corrected chi connectivity index (χ0v) is 12.7. The molecule has 0 atom stereocenters. The van der Waals surface area contributed by atoms with E-state index in [-0.39, 0.29) is 11.4 Å². The number of nitrogens with zero attached hydrogens (tertiary/aromatic N) is 3. The number of rotatable bonds is 7. The van der Waals surface area contributed by atoms with Gasteiger partial charge in [0.15, 0.2) is 0 Å². The Morgan fingerprint density at radius 1 is 1.45 bits per heavy atom. The molecule has 7 nitrogen and oxygen atoms in total. The molecule has 0 radical (unpaired) electrons. The van der Waals surface area contributed by atoms with Gasteiger partial charge in [-0.1, -0.05) is 0 Å². The van der Waals surface area contributed by atoms with Crippen LogP contribution in [-0.2, 0) is 23.1 Å². The van der Waals surface area contributed by atoms with E-state index in [2.05, 4.69) is 14.8 Å². The van der Waals surface area contributed by atoms with Gasteiger partial charge in [0.1, 0.15) is 4.90 Å². The highest BCUT2D eigenvalue weighted by Crippen LogP contribution is 2.13. The van der Waals surface area contributed by atoms with Crippen LogP contribution in [0.5, 0.6) is 0 Å². The molecular weight excluding hydrogens is 298 g/mol. The van der Waals surface area contributed by atoms with Gasteiger partial charge in [0, 0.05) is 30.4 Å². The minimum atomic E-state index is -3.54. The summed E-state index contributed by atoms with van der Waals surface area (Å²) >= 11 is 1.47. The monoisotopic (exact) mass is 315 g/mol. The van der Waals surface area contributed by atoms with Crippen molar-refractivity contribution in [2.75, 3.05) is 6.54 Å².